The van der Waals surface area contributed by atoms with Gasteiger partial charge in [-0.05, 0) is 33.8 Å². The lowest BCUT2D eigenvalue weighted by atomic mass is 10.0. The van der Waals surface area contributed by atoms with E-state index in [1.807, 2.05) is 27.7 Å². The summed E-state index contributed by atoms with van der Waals surface area (Å²) in [5.41, 5.74) is 0.395. The first kappa shape index (κ1) is 12.1. The zero-order valence-electron chi connectivity index (χ0n) is 9.57. The van der Waals surface area contributed by atoms with Crippen LogP contribution in [0, 0.1) is 11.6 Å². The molecule has 0 spiro atoms. The van der Waals surface area contributed by atoms with Crippen LogP contribution < -0.4 is 5.32 Å². The SMILES string of the molecule is C[C@H](NC(C)(C)C)c1ccc(F)cc1F. The third kappa shape index (κ3) is 3.59. The van der Waals surface area contributed by atoms with Crippen molar-refractivity contribution in [1.29, 1.82) is 0 Å². The molecule has 0 bridgehead atoms. The molecule has 0 aromatic heterocycles. The predicted octanol–water partition coefficient (Wildman–Crippen LogP) is 3.41. The molecule has 15 heavy (non-hydrogen) atoms. The van der Waals surface area contributed by atoms with Crippen LogP contribution in [0.4, 0.5) is 8.78 Å². The second kappa shape index (κ2) is 4.27. The second-order valence-corrected chi connectivity index (χ2v) is 4.78. The standard InChI is InChI=1S/C12H17F2N/c1-8(15-12(2,3)4)10-6-5-9(13)7-11(10)14/h5-8,15H,1-4H3/t8-/m0/s1. The first-order valence-electron chi connectivity index (χ1n) is 5.02. The van der Waals surface area contributed by atoms with Gasteiger partial charge in [-0.3, -0.25) is 0 Å². The van der Waals surface area contributed by atoms with E-state index < -0.39 is 11.6 Å². The van der Waals surface area contributed by atoms with Crippen molar-refractivity contribution in [2.75, 3.05) is 0 Å². The molecule has 0 fully saturated rings. The van der Waals surface area contributed by atoms with Crippen LogP contribution in [-0.4, -0.2) is 5.54 Å². The van der Waals surface area contributed by atoms with E-state index in [-0.39, 0.29) is 11.6 Å². The molecule has 84 valence electrons. The Labute approximate surface area is 89.5 Å². The minimum atomic E-state index is -0.542. The van der Waals surface area contributed by atoms with Crippen molar-refractivity contribution in [1.82, 2.24) is 5.32 Å². The summed E-state index contributed by atoms with van der Waals surface area (Å²) in [6.07, 6.45) is 0. The van der Waals surface area contributed by atoms with Crippen molar-refractivity contribution >= 4 is 0 Å². The topological polar surface area (TPSA) is 12.0 Å². The lowest BCUT2D eigenvalue weighted by Crippen LogP contribution is -2.37. The maximum absolute atomic E-state index is 13.4. The lowest BCUT2D eigenvalue weighted by Gasteiger charge is -2.26. The fourth-order valence-electron chi connectivity index (χ4n) is 1.58. The van der Waals surface area contributed by atoms with E-state index in [4.69, 9.17) is 0 Å². The second-order valence-electron chi connectivity index (χ2n) is 4.78. The summed E-state index contributed by atoms with van der Waals surface area (Å²) in [6, 6.07) is 3.54. The number of hydrogen-bond acceptors (Lipinski definition) is 1. The minimum Gasteiger partial charge on any atom is -0.305 e. The van der Waals surface area contributed by atoms with Crippen LogP contribution in [0.25, 0.3) is 0 Å². The normalized spacial score (nSPS) is 14.0. The van der Waals surface area contributed by atoms with Crippen LogP contribution in [0.5, 0.6) is 0 Å². The Kier molecular flexibility index (Phi) is 3.45. The number of rotatable bonds is 2. The first-order valence-corrected chi connectivity index (χ1v) is 5.02. The molecule has 0 saturated heterocycles. The Bertz CT molecular complexity index is 342. The zero-order valence-corrected chi connectivity index (χ0v) is 9.57. The van der Waals surface area contributed by atoms with Crippen molar-refractivity contribution in [3.05, 3.63) is 35.4 Å². The molecule has 0 radical (unpaired) electrons. The average Bonchev–Trinajstić information content (AvgIpc) is 1.99. The molecule has 3 heteroatoms. The van der Waals surface area contributed by atoms with Gasteiger partial charge in [-0.1, -0.05) is 6.07 Å². The van der Waals surface area contributed by atoms with Crippen LogP contribution in [0.15, 0.2) is 18.2 Å². The highest BCUT2D eigenvalue weighted by Gasteiger charge is 2.17. The summed E-state index contributed by atoms with van der Waals surface area (Å²) >= 11 is 0. The van der Waals surface area contributed by atoms with Gasteiger partial charge in [0, 0.05) is 23.2 Å². The van der Waals surface area contributed by atoms with Gasteiger partial charge < -0.3 is 5.32 Å². The van der Waals surface area contributed by atoms with Gasteiger partial charge >= 0.3 is 0 Å². The van der Waals surface area contributed by atoms with Gasteiger partial charge in [-0.15, -0.1) is 0 Å². The fourth-order valence-corrected chi connectivity index (χ4v) is 1.58. The molecular weight excluding hydrogens is 196 g/mol. The molecule has 1 nitrogen and oxygen atoms in total. The van der Waals surface area contributed by atoms with Crippen LogP contribution in [-0.2, 0) is 0 Å². The molecule has 0 heterocycles. The average molecular weight is 213 g/mol. The van der Waals surface area contributed by atoms with Gasteiger partial charge in [-0.25, -0.2) is 8.78 Å². The van der Waals surface area contributed by atoms with Gasteiger partial charge in [0.1, 0.15) is 11.6 Å². The Morgan fingerprint density at radius 1 is 1.20 bits per heavy atom. The maximum Gasteiger partial charge on any atom is 0.130 e. The van der Waals surface area contributed by atoms with E-state index in [0.717, 1.165) is 6.07 Å². The molecule has 0 aliphatic heterocycles. The van der Waals surface area contributed by atoms with Crippen molar-refractivity contribution < 1.29 is 8.78 Å². The summed E-state index contributed by atoms with van der Waals surface area (Å²) < 4.78 is 26.1. The van der Waals surface area contributed by atoms with Gasteiger partial charge in [-0.2, -0.15) is 0 Å². The number of benzene rings is 1. The van der Waals surface area contributed by atoms with E-state index in [0.29, 0.717) is 5.56 Å². The highest BCUT2D eigenvalue weighted by Crippen LogP contribution is 2.20. The molecule has 1 aromatic rings. The summed E-state index contributed by atoms with van der Waals surface area (Å²) in [6.45, 7) is 7.88. The number of nitrogens with one attached hydrogen (secondary N) is 1. The first-order chi connectivity index (χ1) is 6.79. The van der Waals surface area contributed by atoms with E-state index in [2.05, 4.69) is 5.32 Å². The summed E-state index contributed by atoms with van der Waals surface area (Å²) in [4.78, 5) is 0. The molecule has 1 atom stereocenters. The number of hydrogen-bond donors (Lipinski definition) is 1. The molecular formula is C12H17F2N. The van der Waals surface area contributed by atoms with Gasteiger partial charge in [0.15, 0.2) is 0 Å². The Morgan fingerprint density at radius 2 is 1.80 bits per heavy atom. The molecule has 0 aliphatic carbocycles. The van der Waals surface area contributed by atoms with Crippen LogP contribution in [0.3, 0.4) is 0 Å². The zero-order chi connectivity index (χ0) is 11.6. The molecule has 1 N–H and O–H groups in total. The summed E-state index contributed by atoms with van der Waals surface area (Å²) in [7, 11) is 0. The molecule has 0 amide bonds. The predicted molar refractivity (Wildman–Crippen MR) is 57.7 cm³/mol. The van der Waals surface area contributed by atoms with Crippen molar-refractivity contribution in [2.24, 2.45) is 0 Å². The monoisotopic (exact) mass is 213 g/mol. The highest BCUT2D eigenvalue weighted by atomic mass is 19.1. The van der Waals surface area contributed by atoms with Crippen molar-refractivity contribution in [2.45, 2.75) is 39.3 Å². The third-order valence-corrected chi connectivity index (χ3v) is 2.08. The maximum atomic E-state index is 13.4. The molecule has 0 saturated carbocycles. The van der Waals surface area contributed by atoms with Crippen molar-refractivity contribution in [3.8, 4) is 0 Å². The fraction of sp³-hybridized carbons (Fsp3) is 0.500. The third-order valence-electron chi connectivity index (χ3n) is 2.08. The van der Waals surface area contributed by atoms with Crippen LogP contribution in [0.2, 0.25) is 0 Å². The molecule has 1 rings (SSSR count). The lowest BCUT2D eigenvalue weighted by molar-refractivity contribution is 0.371. The summed E-state index contributed by atoms with van der Waals surface area (Å²) in [5.74, 6) is -1.04. The smallest absolute Gasteiger partial charge is 0.130 e. The molecule has 0 aliphatic rings. The van der Waals surface area contributed by atoms with E-state index in [1.165, 1.54) is 12.1 Å². The van der Waals surface area contributed by atoms with Crippen molar-refractivity contribution in [3.63, 3.8) is 0 Å². The quantitative estimate of drug-likeness (QED) is 0.793. The minimum absolute atomic E-state index is 0.0970. The molecule has 1 aromatic carbocycles. The van der Waals surface area contributed by atoms with Gasteiger partial charge in [0.2, 0.25) is 0 Å². The Morgan fingerprint density at radius 3 is 2.27 bits per heavy atom. The molecule has 0 unspecified atom stereocenters. The van der Waals surface area contributed by atoms with E-state index in [1.54, 1.807) is 0 Å². The van der Waals surface area contributed by atoms with E-state index in [9.17, 15) is 8.78 Å². The highest BCUT2D eigenvalue weighted by molar-refractivity contribution is 5.21. The number of halogens is 2. The Balaban J connectivity index is 2.87. The van der Waals surface area contributed by atoms with E-state index >= 15 is 0 Å². The van der Waals surface area contributed by atoms with Crippen LogP contribution in [0.1, 0.15) is 39.3 Å². The van der Waals surface area contributed by atoms with Crippen LogP contribution >= 0.6 is 0 Å². The Hall–Kier alpha value is -0.960. The van der Waals surface area contributed by atoms with Gasteiger partial charge in [0.05, 0.1) is 0 Å². The largest absolute Gasteiger partial charge is 0.305 e. The van der Waals surface area contributed by atoms with Gasteiger partial charge in [0.25, 0.3) is 0 Å². The summed E-state index contributed by atoms with van der Waals surface area (Å²) in [5, 5.41) is 3.23.